The van der Waals surface area contributed by atoms with Gasteiger partial charge in [-0.1, -0.05) is 26.0 Å². The molecule has 0 aliphatic heterocycles. The van der Waals surface area contributed by atoms with Gasteiger partial charge < -0.3 is 10.2 Å². The zero-order valence-corrected chi connectivity index (χ0v) is 9.56. The summed E-state index contributed by atoms with van der Waals surface area (Å²) in [5.74, 6) is 0. The van der Waals surface area contributed by atoms with Crippen molar-refractivity contribution < 1.29 is 10.2 Å². The molecule has 1 aromatic rings. The molecule has 0 radical (unpaired) electrons. The highest BCUT2D eigenvalue weighted by atomic mass is 16.3. The number of rotatable bonds is 4. The van der Waals surface area contributed by atoms with Crippen molar-refractivity contribution in [3.8, 4) is 0 Å². The van der Waals surface area contributed by atoms with Crippen molar-refractivity contribution in [3.05, 3.63) is 11.4 Å². The minimum Gasteiger partial charge on any atom is -0.396 e. The molecule has 1 aromatic heterocycles. The standard InChI is InChI=1S/C10H19N3O2/c1-10(2,3)9-8(7-15)11-12-13(9)5-4-6-14/h14-15H,4-7H2,1-3H3. The van der Waals surface area contributed by atoms with Gasteiger partial charge in [-0.25, -0.2) is 4.68 Å². The average molecular weight is 213 g/mol. The van der Waals surface area contributed by atoms with Gasteiger partial charge in [0.25, 0.3) is 0 Å². The summed E-state index contributed by atoms with van der Waals surface area (Å²) in [7, 11) is 0. The molecule has 0 spiro atoms. The van der Waals surface area contributed by atoms with Gasteiger partial charge in [-0.2, -0.15) is 0 Å². The Morgan fingerprint density at radius 2 is 1.93 bits per heavy atom. The molecule has 0 saturated heterocycles. The van der Waals surface area contributed by atoms with E-state index >= 15 is 0 Å². The summed E-state index contributed by atoms with van der Waals surface area (Å²) in [6.45, 7) is 6.85. The second kappa shape index (κ2) is 4.72. The fourth-order valence-electron chi connectivity index (χ4n) is 1.65. The first-order valence-corrected chi connectivity index (χ1v) is 5.15. The van der Waals surface area contributed by atoms with Gasteiger partial charge in [-0.05, 0) is 6.42 Å². The third-order valence-electron chi connectivity index (χ3n) is 2.19. The molecular weight excluding hydrogens is 194 g/mol. The minimum absolute atomic E-state index is 0.0915. The van der Waals surface area contributed by atoms with Crippen LogP contribution in [0.1, 0.15) is 38.6 Å². The predicted molar refractivity (Wildman–Crippen MR) is 56.3 cm³/mol. The molecule has 0 aliphatic rings. The maximum Gasteiger partial charge on any atom is 0.112 e. The highest BCUT2D eigenvalue weighted by molar-refractivity contribution is 5.18. The summed E-state index contributed by atoms with van der Waals surface area (Å²) in [6, 6.07) is 0. The van der Waals surface area contributed by atoms with Gasteiger partial charge in [0.05, 0.1) is 12.3 Å². The first-order chi connectivity index (χ1) is 7.00. The van der Waals surface area contributed by atoms with Crippen molar-refractivity contribution in [2.75, 3.05) is 6.61 Å². The molecule has 0 fully saturated rings. The molecule has 0 aromatic carbocycles. The van der Waals surface area contributed by atoms with Crippen LogP contribution in [0, 0.1) is 0 Å². The van der Waals surface area contributed by atoms with E-state index in [1.807, 2.05) is 0 Å². The van der Waals surface area contributed by atoms with Gasteiger partial charge in [-0.3, -0.25) is 0 Å². The zero-order chi connectivity index (χ0) is 11.5. The molecule has 0 saturated carbocycles. The summed E-state index contributed by atoms with van der Waals surface area (Å²) in [5, 5.41) is 25.9. The Balaban J connectivity index is 3.01. The normalized spacial score (nSPS) is 12.1. The summed E-state index contributed by atoms with van der Waals surface area (Å²) in [4.78, 5) is 0. The summed E-state index contributed by atoms with van der Waals surface area (Å²) in [6.07, 6.45) is 0.650. The van der Waals surface area contributed by atoms with E-state index in [1.165, 1.54) is 0 Å². The van der Waals surface area contributed by atoms with Crippen LogP contribution in [0.15, 0.2) is 0 Å². The van der Waals surface area contributed by atoms with E-state index in [0.717, 1.165) is 5.69 Å². The number of aromatic nitrogens is 3. The molecule has 0 atom stereocenters. The highest BCUT2D eigenvalue weighted by Gasteiger charge is 2.24. The molecular formula is C10H19N3O2. The summed E-state index contributed by atoms with van der Waals surface area (Å²) in [5.41, 5.74) is 1.47. The fourth-order valence-corrected chi connectivity index (χ4v) is 1.65. The largest absolute Gasteiger partial charge is 0.396 e. The van der Waals surface area contributed by atoms with Crippen LogP contribution in [0.25, 0.3) is 0 Å². The van der Waals surface area contributed by atoms with Gasteiger partial charge in [0.15, 0.2) is 0 Å². The van der Waals surface area contributed by atoms with Crippen LogP contribution >= 0.6 is 0 Å². The maximum absolute atomic E-state index is 9.16. The first kappa shape index (κ1) is 12.1. The van der Waals surface area contributed by atoms with Crippen LogP contribution in [-0.4, -0.2) is 31.8 Å². The molecule has 2 N–H and O–H groups in total. The number of nitrogens with zero attached hydrogens (tertiary/aromatic N) is 3. The Morgan fingerprint density at radius 3 is 2.40 bits per heavy atom. The quantitative estimate of drug-likeness (QED) is 0.761. The zero-order valence-electron chi connectivity index (χ0n) is 9.56. The third kappa shape index (κ3) is 2.76. The Hall–Kier alpha value is -0.940. The maximum atomic E-state index is 9.16. The Bertz CT molecular complexity index is 315. The molecule has 15 heavy (non-hydrogen) atoms. The lowest BCUT2D eigenvalue weighted by molar-refractivity contribution is 0.269. The van der Waals surface area contributed by atoms with Crippen LogP contribution < -0.4 is 0 Å². The smallest absolute Gasteiger partial charge is 0.112 e. The second-order valence-electron chi connectivity index (χ2n) is 4.59. The van der Waals surface area contributed by atoms with Crippen molar-refractivity contribution in [2.24, 2.45) is 0 Å². The van der Waals surface area contributed by atoms with Crippen molar-refractivity contribution >= 4 is 0 Å². The van der Waals surface area contributed by atoms with E-state index in [2.05, 4.69) is 31.1 Å². The van der Waals surface area contributed by atoms with E-state index in [0.29, 0.717) is 18.7 Å². The predicted octanol–water partition coefficient (Wildman–Crippen LogP) is 0.450. The Labute approximate surface area is 89.7 Å². The number of hydrogen-bond acceptors (Lipinski definition) is 4. The van der Waals surface area contributed by atoms with Crippen molar-refractivity contribution in [1.82, 2.24) is 15.0 Å². The molecule has 0 unspecified atom stereocenters. The number of aliphatic hydroxyl groups is 2. The SMILES string of the molecule is CC(C)(C)c1c(CO)nnn1CCCO. The highest BCUT2D eigenvalue weighted by Crippen LogP contribution is 2.24. The lowest BCUT2D eigenvalue weighted by Gasteiger charge is -2.20. The molecule has 0 bridgehead atoms. The Kier molecular flexibility index (Phi) is 3.82. The lowest BCUT2D eigenvalue weighted by atomic mass is 9.90. The molecule has 5 heteroatoms. The molecule has 0 aliphatic carbocycles. The molecule has 0 amide bonds. The van der Waals surface area contributed by atoms with Crippen LogP contribution in [-0.2, 0) is 18.6 Å². The minimum atomic E-state index is -0.100. The second-order valence-corrected chi connectivity index (χ2v) is 4.59. The molecule has 1 rings (SSSR count). The van der Waals surface area contributed by atoms with E-state index in [4.69, 9.17) is 10.2 Å². The monoisotopic (exact) mass is 213 g/mol. The van der Waals surface area contributed by atoms with Crippen molar-refractivity contribution in [1.29, 1.82) is 0 Å². The topological polar surface area (TPSA) is 71.2 Å². The van der Waals surface area contributed by atoms with Crippen LogP contribution in [0.4, 0.5) is 0 Å². The fraction of sp³-hybridized carbons (Fsp3) is 0.800. The third-order valence-corrected chi connectivity index (χ3v) is 2.19. The van der Waals surface area contributed by atoms with E-state index in [9.17, 15) is 0 Å². The molecule has 5 nitrogen and oxygen atoms in total. The van der Waals surface area contributed by atoms with Gasteiger partial charge in [-0.15, -0.1) is 5.10 Å². The average Bonchev–Trinajstić information content (AvgIpc) is 2.56. The van der Waals surface area contributed by atoms with Crippen molar-refractivity contribution in [3.63, 3.8) is 0 Å². The van der Waals surface area contributed by atoms with Crippen LogP contribution in [0.2, 0.25) is 0 Å². The summed E-state index contributed by atoms with van der Waals surface area (Å²) < 4.78 is 1.77. The molecule has 1 heterocycles. The number of aliphatic hydroxyl groups excluding tert-OH is 2. The van der Waals surface area contributed by atoms with E-state index < -0.39 is 0 Å². The first-order valence-electron chi connectivity index (χ1n) is 5.15. The van der Waals surface area contributed by atoms with Gasteiger partial charge in [0.1, 0.15) is 5.69 Å². The molecule has 86 valence electrons. The number of aryl methyl sites for hydroxylation is 1. The van der Waals surface area contributed by atoms with Gasteiger partial charge in [0.2, 0.25) is 0 Å². The van der Waals surface area contributed by atoms with Gasteiger partial charge in [0, 0.05) is 18.6 Å². The van der Waals surface area contributed by atoms with E-state index in [-0.39, 0.29) is 18.6 Å². The number of hydrogen-bond donors (Lipinski definition) is 2. The Morgan fingerprint density at radius 1 is 1.27 bits per heavy atom. The van der Waals surface area contributed by atoms with E-state index in [1.54, 1.807) is 4.68 Å². The van der Waals surface area contributed by atoms with Crippen molar-refractivity contribution in [2.45, 2.75) is 45.8 Å². The lowest BCUT2D eigenvalue weighted by Crippen LogP contribution is -2.20. The van der Waals surface area contributed by atoms with Crippen LogP contribution in [0.3, 0.4) is 0 Å². The summed E-state index contributed by atoms with van der Waals surface area (Å²) >= 11 is 0. The van der Waals surface area contributed by atoms with Gasteiger partial charge >= 0.3 is 0 Å². The van der Waals surface area contributed by atoms with Crippen LogP contribution in [0.5, 0.6) is 0 Å².